The van der Waals surface area contributed by atoms with E-state index in [1.54, 1.807) is 6.08 Å². The molecule has 0 aliphatic rings. The Kier molecular flexibility index (Phi) is 5.30. The van der Waals surface area contributed by atoms with Gasteiger partial charge in [-0.25, -0.2) is 4.99 Å². The molecule has 0 aliphatic heterocycles. The first-order valence-corrected chi connectivity index (χ1v) is 4.43. The summed E-state index contributed by atoms with van der Waals surface area (Å²) in [5.74, 6) is 0.796. The summed E-state index contributed by atoms with van der Waals surface area (Å²) >= 11 is 0. The zero-order valence-electron chi connectivity index (χ0n) is 9.22. The van der Waals surface area contributed by atoms with Gasteiger partial charge in [0.05, 0.1) is 5.70 Å². The first-order valence-electron chi connectivity index (χ1n) is 4.43. The molecule has 0 radical (unpaired) electrons. The third kappa shape index (κ3) is 6.00. The van der Waals surface area contributed by atoms with Gasteiger partial charge < -0.3 is 5.32 Å². The largest absolute Gasteiger partial charge is 0.348 e. The highest BCUT2D eigenvalue weighted by molar-refractivity contribution is 5.82. The molecule has 0 unspecified atom stereocenters. The monoisotopic (exact) mass is 190 g/mol. The highest BCUT2D eigenvalue weighted by Gasteiger charge is 1.92. The van der Waals surface area contributed by atoms with Gasteiger partial charge in [0.2, 0.25) is 0 Å². The van der Waals surface area contributed by atoms with Gasteiger partial charge in [0.1, 0.15) is 5.84 Å². The van der Waals surface area contributed by atoms with Gasteiger partial charge in [-0.05, 0) is 32.9 Å². The minimum Gasteiger partial charge on any atom is -0.348 e. The van der Waals surface area contributed by atoms with Gasteiger partial charge >= 0.3 is 0 Å². The summed E-state index contributed by atoms with van der Waals surface area (Å²) in [7, 11) is 0. The fraction of sp³-hybridized carbons (Fsp3) is 0.250. The third-order valence-corrected chi connectivity index (χ3v) is 1.39. The first kappa shape index (κ1) is 12.4. The predicted molar refractivity (Wildman–Crippen MR) is 64.2 cm³/mol. The minimum atomic E-state index is 0.651. The van der Waals surface area contributed by atoms with Crippen LogP contribution in [0.5, 0.6) is 0 Å². The van der Waals surface area contributed by atoms with Crippen LogP contribution >= 0.6 is 0 Å². The van der Waals surface area contributed by atoms with Crippen molar-refractivity contribution in [1.29, 1.82) is 0 Å². The van der Waals surface area contributed by atoms with E-state index in [1.807, 2.05) is 26.8 Å². The average molecular weight is 190 g/mol. The Labute approximate surface area is 86.4 Å². The topological polar surface area (TPSA) is 24.4 Å². The number of amidine groups is 1. The SMILES string of the molecule is C=CC(=C)/N=C(\C)N/C(C)=C/C(=C)C. The van der Waals surface area contributed by atoms with Crippen molar-refractivity contribution >= 4 is 5.84 Å². The van der Waals surface area contributed by atoms with Crippen LogP contribution in [0.4, 0.5) is 0 Å². The lowest BCUT2D eigenvalue weighted by Crippen LogP contribution is -2.18. The van der Waals surface area contributed by atoms with Crippen molar-refractivity contribution in [3.63, 3.8) is 0 Å². The summed E-state index contributed by atoms with van der Waals surface area (Å²) in [4.78, 5) is 4.17. The van der Waals surface area contributed by atoms with E-state index >= 15 is 0 Å². The summed E-state index contributed by atoms with van der Waals surface area (Å²) in [5, 5.41) is 3.12. The Morgan fingerprint density at radius 2 is 1.79 bits per heavy atom. The fourth-order valence-corrected chi connectivity index (χ4v) is 0.980. The Balaban J connectivity index is 4.39. The molecule has 14 heavy (non-hydrogen) atoms. The van der Waals surface area contributed by atoms with Crippen molar-refractivity contribution < 1.29 is 0 Å². The molecule has 0 aliphatic carbocycles. The zero-order chi connectivity index (χ0) is 11.1. The number of hydrogen-bond donors (Lipinski definition) is 1. The second-order valence-corrected chi connectivity index (χ2v) is 3.19. The smallest absolute Gasteiger partial charge is 0.103 e. The summed E-state index contributed by atoms with van der Waals surface area (Å²) in [6.07, 6.45) is 3.57. The molecule has 0 aromatic rings. The molecule has 0 heterocycles. The van der Waals surface area contributed by atoms with Crippen molar-refractivity contribution in [2.24, 2.45) is 4.99 Å². The molecule has 1 N–H and O–H groups in total. The van der Waals surface area contributed by atoms with Crippen LogP contribution in [0.3, 0.4) is 0 Å². The van der Waals surface area contributed by atoms with Gasteiger partial charge in [0.25, 0.3) is 0 Å². The van der Waals surface area contributed by atoms with Crippen LogP contribution in [-0.2, 0) is 0 Å². The molecule has 0 aromatic carbocycles. The molecule has 0 saturated heterocycles. The summed E-state index contributed by atoms with van der Waals surface area (Å²) in [6.45, 7) is 16.9. The normalized spacial score (nSPS) is 12.2. The average Bonchev–Trinajstić information content (AvgIpc) is 2.01. The fourth-order valence-electron chi connectivity index (χ4n) is 0.980. The van der Waals surface area contributed by atoms with Crippen LogP contribution in [0.2, 0.25) is 0 Å². The molecule has 0 aromatic heterocycles. The maximum atomic E-state index is 4.17. The molecular weight excluding hydrogens is 172 g/mol. The lowest BCUT2D eigenvalue weighted by atomic mass is 10.3. The molecule has 0 bridgehead atoms. The van der Waals surface area contributed by atoms with Crippen molar-refractivity contribution in [1.82, 2.24) is 5.32 Å². The van der Waals surface area contributed by atoms with Crippen molar-refractivity contribution in [3.05, 3.63) is 48.9 Å². The first-order chi connectivity index (χ1) is 6.45. The molecule has 0 rings (SSSR count). The summed E-state index contributed by atoms with van der Waals surface area (Å²) in [5.41, 5.74) is 2.67. The van der Waals surface area contributed by atoms with Gasteiger partial charge in [-0.1, -0.05) is 25.3 Å². The van der Waals surface area contributed by atoms with E-state index < -0.39 is 0 Å². The number of aliphatic imine (C=N–C) groups is 1. The molecule has 76 valence electrons. The highest BCUT2D eigenvalue weighted by Crippen LogP contribution is 1.97. The van der Waals surface area contributed by atoms with E-state index in [4.69, 9.17) is 0 Å². The number of allylic oxidation sites excluding steroid dienone is 4. The predicted octanol–water partition coefficient (Wildman–Crippen LogP) is 3.17. The Hall–Kier alpha value is -1.57. The second-order valence-electron chi connectivity index (χ2n) is 3.19. The van der Waals surface area contributed by atoms with E-state index in [0.717, 1.165) is 17.1 Å². The molecule has 0 atom stereocenters. The van der Waals surface area contributed by atoms with Crippen LogP contribution < -0.4 is 5.32 Å². The number of nitrogens with zero attached hydrogens (tertiary/aromatic N) is 1. The van der Waals surface area contributed by atoms with E-state index in [1.165, 1.54) is 0 Å². The summed E-state index contributed by atoms with van der Waals surface area (Å²) in [6, 6.07) is 0. The van der Waals surface area contributed by atoms with E-state index in [0.29, 0.717) is 5.70 Å². The molecule has 0 saturated carbocycles. The number of nitrogens with one attached hydrogen (secondary N) is 1. The van der Waals surface area contributed by atoms with Crippen LogP contribution in [-0.4, -0.2) is 5.84 Å². The quantitative estimate of drug-likeness (QED) is 0.411. The van der Waals surface area contributed by atoms with Gasteiger partial charge in [-0.2, -0.15) is 0 Å². The maximum Gasteiger partial charge on any atom is 0.103 e. The lowest BCUT2D eigenvalue weighted by molar-refractivity contribution is 1.09. The zero-order valence-corrected chi connectivity index (χ0v) is 9.22. The van der Waals surface area contributed by atoms with Crippen molar-refractivity contribution in [2.45, 2.75) is 20.8 Å². The third-order valence-electron chi connectivity index (χ3n) is 1.39. The standard InChI is InChI=1S/C12H18N2/c1-7-10(4)13-12(6)14-11(5)8-9(2)3/h7-8H,1-2,4H2,3,5-6H3,(H,13,14)/b11-8+. The van der Waals surface area contributed by atoms with Crippen LogP contribution in [0.15, 0.2) is 53.8 Å². The van der Waals surface area contributed by atoms with Crippen LogP contribution in [0.1, 0.15) is 20.8 Å². The maximum absolute atomic E-state index is 4.17. The Morgan fingerprint density at radius 3 is 2.21 bits per heavy atom. The van der Waals surface area contributed by atoms with Crippen molar-refractivity contribution in [3.8, 4) is 0 Å². The highest BCUT2D eigenvalue weighted by atomic mass is 15.0. The van der Waals surface area contributed by atoms with E-state index in [-0.39, 0.29) is 0 Å². The number of hydrogen-bond acceptors (Lipinski definition) is 1. The van der Waals surface area contributed by atoms with Crippen LogP contribution in [0.25, 0.3) is 0 Å². The Morgan fingerprint density at radius 1 is 1.21 bits per heavy atom. The molecule has 0 amide bonds. The minimum absolute atomic E-state index is 0.651. The van der Waals surface area contributed by atoms with E-state index in [2.05, 4.69) is 30.0 Å². The Bertz CT molecular complexity index is 306. The van der Waals surface area contributed by atoms with Crippen LogP contribution in [0, 0.1) is 0 Å². The molecular formula is C12H18N2. The number of rotatable bonds is 4. The van der Waals surface area contributed by atoms with Gasteiger partial charge in [-0.3, -0.25) is 0 Å². The second kappa shape index (κ2) is 5.97. The van der Waals surface area contributed by atoms with Crippen molar-refractivity contribution in [2.75, 3.05) is 0 Å². The molecule has 0 spiro atoms. The summed E-state index contributed by atoms with van der Waals surface area (Å²) < 4.78 is 0. The molecule has 2 heteroatoms. The van der Waals surface area contributed by atoms with Gasteiger partial charge in [0, 0.05) is 5.70 Å². The van der Waals surface area contributed by atoms with Gasteiger partial charge in [-0.15, -0.1) is 0 Å². The van der Waals surface area contributed by atoms with Gasteiger partial charge in [0.15, 0.2) is 0 Å². The molecule has 2 nitrogen and oxygen atoms in total. The molecule has 0 fully saturated rings. The lowest BCUT2D eigenvalue weighted by Gasteiger charge is -2.05. The van der Waals surface area contributed by atoms with E-state index in [9.17, 15) is 0 Å².